The van der Waals surface area contributed by atoms with Gasteiger partial charge in [-0.2, -0.15) is 0 Å². The summed E-state index contributed by atoms with van der Waals surface area (Å²) >= 11 is 0. The van der Waals surface area contributed by atoms with Crippen LogP contribution in [-0.4, -0.2) is 275 Å². The van der Waals surface area contributed by atoms with Gasteiger partial charge >= 0.3 is 5.97 Å². The second-order valence-corrected chi connectivity index (χ2v) is 43.2. The number of nitrogens with one attached hydrogen (secondary N) is 21. The second kappa shape index (κ2) is 63.9. The smallest absolute Gasteiger partial charge is 0.326 e. The van der Waals surface area contributed by atoms with Gasteiger partial charge in [0.2, 0.25) is 118 Å². The van der Waals surface area contributed by atoms with Crippen LogP contribution in [0.15, 0.2) is 30.5 Å². The zero-order valence-electron chi connectivity index (χ0n) is 91.5. The van der Waals surface area contributed by atoms with Crippen LogP contribution < -0.4 is 112 Å². The number of aliphatic hydroxyl groups is 1. The van der Waals surface area contributed by atoms with Gasteiger partial charge in [0.1, 0.15) is 96.7 Å². The zero-order valence-corrected chi connectivity index (χ0v) is 91.5. The lowest BCUT2D eigenvalue weighted by atomic mass is 9.97. The summed E-state index contributed by atoms with van der Waals surface area (Å²) in [6.45, 7) is 45.7. The first-order chi connectivity index (χ1) is 68.4. The van der Waals surface area contributed by atoms with Crippen LogP contribution in [0.1, 0.15) is 251 Å². The van der Waals surface area contributed by atoms with Gasteiger partial charge in [-0.15, -0.1) is 0 Å². The lowest BCUT2D eigenvalue weighted by Gasteiger charge is -2.31. The fourth-order valence-corrected chi connectivity index (χ4v) is 15.7. The molecule has 0 aliphatic carbocycles. The van der Waals surface area contributed by atoms with Crippen molar-refractivity contribution in [1.29, 1.82) is 0 Å². The molecule has 0 spiro atoms. The number of carboxylic acid groups (broad SMARTS) is 1. The molecule has 0 fully saturated rings. The van der Waals surface area contributed by atoms with Crippen LogP contribution in [0.5, 0.6) is 0 Å². The van der Waals surface area contributed by atoms with E-state index in [9.17, 15) is 101 Å². The van der Waals surface area contributed by atoms with Gasteiger partial charge in [0.25, 0.3) is 0 Å². The molecule has 20 amide bonds. The summed E-state index contributed by atoms with van der Waals surface area (Å²) in [5.41, 5.74) is 7.15. The number of carboxylic acids is 1. The van der Waals surface area contributed by atoms with Crippen molar-refractivity contribution >= 4 is 135 Å². The van der Waals surface area contributed by atoms with E-state index in [0.717, 1.165) is 0 Å². The molecule has 1 aromatic carbocycles. The molecule has 2 rings (SSSR count). The van der Waals surface area contributed by atoms with Gasteiger partial charge in [0.15, 0.2) is 0 Å². The van der Waals surface area contributed by atoms with E-state index < -0.39 is 301 Å². The summed E-state index contributed by atoms with van der Waals surface area (Å²) in [6.07, 6.45) is 2.02. The molecule has 2 aromatic rings. The van der Waals surface area contributed by atoms with Crippen LogP contribution in [-0.2, 0) is 107 Å². The number of carbonyl (C=O) groups is 21. The Kier molecular flexibility index (Phi) is 56.8. The van der Waals surface area contributed by atoms with Crippen LogP contribution in [0.3, 0.4) is 0 Å². The van der Waals surface area contributed by atoms with Crippen molar-refractivity contribution in [3.63, 3.8) is 0 Å². The third-order valence-electron chi connectivity index (χ3n) is 24.4. The fraction of sp³-hybridized carbons (Fsp3) is 0.716. The van der Waals surface area contributed by atoms with Gasteiger partial charge in [-0.1, -0.05) is 218 Å². The molecule has 0 saturated heterocycles. The normalized spacial score (nSPS) is 15.3. The molecule has 0 saturated carbocycles. The monoisotopic (exact) mass is 2080 g/mol. The van der Waals surface area contributed by atoms with E-state index in [1.807, 2.05) is 12.1 Å². The Labute approximate surface area is 865 Å². The molecule has 1 aromatic heterocycles. The van der Waals surface area contributed by atoms with E-state index in [-0.39, 0.29) is 86.4 Å². The first kappa shape index (κ1) is 131. The van der Waals surface area contributed by atoms with Crippen molar-refractivity contribution in [2.45, 2.75) is 355 Å². The van der Waals surface area contributed by atoms with Crippen molar-refractivity contribution in [3.05, 3.63) is 36.0 Å². The number of benzene rings is 1. The molecule has 45 heteroatoms. The number of rotatable bonds is 65. The highest BCUT2D eigenvalue weighted by molar-refractivity contribution is 6.02. The van der Waals surface area contributed by atoms with Crippen LogP contribution in [0, 0.1) is 82.9 Å². The highest BCUT2D eigenvalue weighted by Crippen LogP contribution is 2.23. The zero-order chi connectivity index (χ0) is 112. The van der Waals surface area contributed by atoms with Crippen LogP contribution >= 0.6 is 0 Å². The van der Waals surface area contributed by atoms with Gasteiger partial charge in [-0.25, -0.2) is 4.79 Å². The van der Waals surface area contributed by atoms with Crippen LogP contribution in [0.25, 0.3) is 10.9 Å². The number of nitrogens with two attached hydrogens (primary N) is 1. The van der Waals surface area contributed by atoms with Crippen molar-refractivity contribution in [1.82, 2.24) is 111 Å². The van der Waals surface area contributed by atoms with Crippen molar-refractivity contribution in [2.24, 2.45) is 88.6 Å². The molecular formula is C102H174N22O23. The Morgan fingerprint density at radius 1 is 0.279 bits per heavy atom. The number of amides is 20. The van der Waals surface area contributed by atoms with Crippen molar-refractivity contribution < 1.29 is 111 Å². The van der Waals surface area contributed by atoms with E-state index in [2.05, 4.69) is 111 Å². The molecule has 0 unspecified atom stereocenters. The molecule has 0 radical (unpaired) electrons. The van der Waals surface area contributed by atoms with E-state index >= 15 is 9.59 Å². The number of H-pyrrole nitrogens is 1. The number of hydrogen-bond donors (Lipinski definition) is 24. The summed E-state index contributed by atoms with van der Waals surface area (Å²) < 4.78 is 0. The molecule has 0 aliphatic rings. The maximum atomic E-state index is 15.0. The van der Waals surface area contributed by atoms with E-state index in [0.29, 0.717) is 22.9 Å². The van der Waals surface area contributed by atoms with Crippen molar-refractivity contribution in [2.75, 3.05) is 32.8 Å². The third kappa shape index (κ3) is 46.2. The SMILES string of the molecule is CC[C@H](C)[C@H](NC(=O)[C@@H](NC(=O)[C@H](C)NC(=O)[C@H](CC(C)C)NC(=O)[C@@H](NC(=O)[C@H](Cc1c[nH]c2ccccc12)NC(=O)[C@@H](NC(=O)[C@H](CC(C)C)NC(=O)[C@H](CC(C)C)NC(=O)[C@@H](NC(=O)[C@H](CC(C)C)NC(=O)[C@H](CO)NC(=O)CNC(=O)[C@H](CC(C)C)NC(=O)[C@H](CC(C)C)NC(=O)CNC(=O)CNC(=O)[C@@H](NC(=O)[C@@H](NC(=O)CNC(=O)[C@@H](N)C(C)C)C(C)C)C(C)C)C(C)C)C(C)C)C(C)C)C(C)C)C(=O)O. The number of hydrogen-bond acceptors (Lipinski definition) is 23. The second-order valence-electron chi connectivity index (χ2n) is 43.2. The fourth-order valence-electron chi connectivity index (χ4n) is 15.7. The number of fused-ring (bicyclic) bond motifs is 1. The Hall–Kier alpha value is -12.4. The van der Waals surface area contributed by atoms with Crippen LogP contribution in [0.4, 0.5) is 0 Å². The first-order valence-corrected chi connectivity index (χ1v) is 51.4. The number of aromatic nitrogens is 1. The number of aliphatic hydroxyl groups excluding tert-OH is 1. The van der Waals surface area contributed by atoms with E-state index in [1.165, 1.54) is 6.92 Å². The molecule has 0 bridgehead atoms. The summed E-state index contributed by atoms with van der Waals surface area (Å²) in [6, 6.07) is -15.0. The largest absolute Gasteiger partial charge is 0.480 e. The van der Waals surface area contributed by atoms with Crippen molar-refractivity contribution in [3.8, 4) is 0 Å². The average molecular weight is 2080 g/mol. The molecule has 45 nitrogen and oxygen atoms in total. The maximum absolute atomic E-state index is 15.0. The standard InChI is InChI=1S/C102H174N22O23/c1-30-61(28)85(102(146)147)124-101(145)84(60(26)27)119-86(130)62(29)109-88(132)68(37-50(6)7)115-97(141)82(58(22)23)122-93(137)72(41-63-42-104-65-34-32-31-33-64(63)65)117-99(143)83(59(24)25)121-91(135)70(39-52(10)11)113-90(134)69(38-51(8)9)116-98(142)81(57(20)21)120-92(136)71(40-53(12)13)114-94(138)73(47-125)111-76(128)45-106-87(131)66(35-48(2)3)112-89(133)67(36-49(4)5)110-75(127)44-105-74(126)43-108-96(140)79(55(16)17)123-100(144)80(56(18)19)118-77(129)46-107-95(139)78(103)54(14)15/h31-34,42,48-62,66-73,78-85,104,125H,30,35-41,43-47,103H2,1-29H3,(H,105,126)(H,106,131)(H,107,139)(H,108,140)(H,109,132)(H,110,127)(H,111,128)(H,112,133)(H,113,134)(H,114,138)(H,115,141)(H,116,142)(H,117,143)(H,118,129)(H,119,130)(H,120,136)(H,121,135)(H,122,137)(H,123,144)(H,124,145)(H,146,147)/t61-,62-,66-,67-,68-,69-,70-,71-,72-,73-,78-,79-,80-,81-,82-,83-,84-,85-/m0/s1. The van der Waals surface area contributed by atoms with Gasteiger partial charge in [-0.3, -0.25) is 95.9 Å². The van der Waals surface area contributed by atoms with Gasteiger partial charge in [0, 0.05) is 23.5 Å². The minimum atomic E-state index is -1.73. The molecule has 147 heavy (non-hydrogen) atoms. The predicted octanol–water partition coefficient (Wildman–Crippen LogP) is 0.271. The topological polar surface area (TPSA) is 681 Å². The Morgan fingerprint density at radius 2 is 0.551 bits per heavy atom. The summed E-state index contributed by atoms with van der Waals surface area (Å²) in [7, 11) is 0. The molecule has 830 valence electrons. The van der Waals surface area contributed by atoms with Gasteiger partial charge < -0.3 is 127 Å². The minimum Gasteiger partial charge on any atom is -0.480 e. The van der Waals surface area contributed by atoms with E-state index in [4.69, 9.17) is 5.73 Å². The summed E-state index contributed by atoms with van der Waals surface area (Å²) in [5, 5.41) is 73.2. The number of aliphatic carboxylic acids is 1. The summed E-state index contributed by atoms with van der Waals surface area (Å²) in [5.74, 6) is -23.2. The number of carbonyl (C=O) groups excluding carboxylic acids is 20. The summed E-state index contributed by atoms with van der Waals surface area (Å²) in [4.78, 5) is 294. The quantitative estimate of drug-likeness (QED) is 0.0423. The third-order valence-corrected chi connectivity index (χ3v) is 24.4. The Balaban J connectivity index is 2.35. The lowest BCUT2D eigenvalue weighted by molar-refractivity contribution is -0.144. The highest BCUT2D eigenvalue weighted by atomic mass is 16.4. The van der Waals surface area contributed by atoms with Gasteiger partial charge in [0.05, 0.1) is 38.8 Å². The highest BCUT2D eigenvalue weighted by Gasteiger charge is 2.42. The molecule has 25 N–H and O–H groups in total. The Morgan fingerprint density at radius 3 is 0.925 bits per heavy atom. The molecule has 1 heterocycles. The lowest BCUT2D eigenvalue weighted by Crippen LogP contribution is -2.62. The maximum Gasteiger partial charge on any atom is 0.326 e. The first-order valence-electron chi connectivity index (χ1n) is 51.4. The number of aromatic amines is 1. The van der Waals surface area contributed by atoms with Gasteiger partial charge in [-0.05, 0) is 140 Å². The molecule has 18 atom stereocenters. The number of para-hydroxylation sites is 1. The molecule has 0 aliphatic heterocycles. The van der Waals surface area contributed by atoms with E-state index in [1.54, 1.807) is 212 Å². The average Bonchev–Trinajstić information content (AvgIpc) is 1.74. The minimum absolute atomic E-state index is 0.000260. The Bertz CT molecular complexity index is 4740. The van der Waals surface area contributed by atoms with Crippen LogP contribution in [0.2, 0.25) is 0 Å². The molecular weight excluding hydrogens is 1900 g/mol. The predicted molar refractivity (Wildman–Crippen MR) is 553 cm³/mol.